The summed E-state index contributed by atoms with van der Waals surface area (Å²) in [5.41, 5.74) is 0. The average Bonchev–Trinajstić information content (AvgIpc) is 3.22. The Bertz CT molecular complexity index is 594. The van der Waals surface area contributed by atoms with Crippen LogP contribution in [0.5, 0.6) is 0 Å². The highest BCUT2D eigenvalue weighted by Gasteiger charge is 2.15. The molecule has 1 aliphatic rings. The maximum absolute atomic E-state index is 11.9. The molecule has 1 saturated heterocycles. The molecule has 1 amide bonds. The summed E-state index contributed by atoms with van der Waals surface area (Å²) >= 11 is 0. The predicted octanol–water partition coefficient (Wildman–Crippen LogP) is 1.80. The van der Waals surface area contributed by atoms with Gasteiger partial charge in [-0.25, -0.2) is 0 Å². The first kappa shape index (κ1) is 17.5. The minimum atomic E-state index is 0. The lowest BCUT2D eigenvalue weighted by Gasteiger charge is -2.22. The summed E-state index contributed by atoms with van der Waals surface area (Å²) in [4.78, 5) is 16.1. The Balaban J connectivity index is 0.00000192. The lowest BCUT2D eigenvalue weighted by Crippen LogP contribution is -2.38. The number of aromatic nitrogens is 2. The van der Waals surface area contributed by atoms with E-state index in [-0.39, 0.29) is 18.3 Å². The van der Waals surface area contributed by atoms with Crippen molar-refractivity contribution in [2.24, 2.45) is 5.92 Å². The van der Waals surface area contributed by atoms with E-state index in [4.69, 9.17) is 8.94 Å². The molecule has 3 rings (SSSR count). The van der Waals surface area contributed by atoms with E-state index in [0.29, 0.717) is 36.2 Å². The molecular weight excluding hydrogens is 320 g/mol. The number of furan rings is 1. The number of aryl methyl sites for hydroxylation is 1. The molecule has 7 nitrogen and oxygen atoms in total. The molecule has 3 heterocycles. The van der Waals surface area contributed by atoms with Crippen molar-refractivity contribution >= 4 is 18.3 Å². The Kier molecular flexibility index (Phi) is 6.61. The number of amides is 1. The van der Waals surface area contributed by atoms with Crippen LogP contribution in [0.4, 0.5) is 0 Å². The van der Waals surface area contributed by atoms with E-state index in [1.807, 2.05) is 0 Å². The van der Waals surface area contributed by atoms with Crippen molar-refractivity contribution in [1.82, 2.24) is 20.8 Å². The minimum absolute atomic E-state index is 0. The molecule has 0 radical (unpaired) electrons. The third kappa shape index (κ3) is 5.07. The van der Waals surface area contributed by atoms with E-state index in [1.54, 1.807) is 18.4 Å². The third-order valence-electron chi connectivity index (χ3n) is 3.76. The molecule has 0 bridgehead atoms. The van der Waals surface area contributed by atoms with Gasteiger partial charge in [0.05, 0.1) is 6.26 Å². The van der Waals surface area contributed by atoms with Gasteiger partial charge in [-0.15, -0.1) is 12.4 Å². The van der Waals surface area contributed by atoms with Crippen LogP contribution >= 0.6 is 12.4 Å². The maximum Gasteiger partial charge on any atom is 0.238 e. The number of nitrogens with one attached hydrogen (secondary N) is 2. The molecule has 2 aromatic heterocycles. The fourth-order valence-electron chi connectivity index (χ4n) is 2.53. The summed E-state index contributed by atoms with van der Waals surface area (Å²) in [6.45, 7) is 2.80. The second-order valence-electron chi connectivity index (χ2n) is 5.51. The quantitative estimate of drug-likeness (QED) is 0.833. The van der Waals surface area contributed by atoms with Crippen LogP contribution in [0.1, 0.15) is 25.2 Å². The smallest absolute Gasteiger partial charge is 0.238 e. The molecule has 1 unspecified atom stereocenters. The first-order valence-corrected chi connectivity index (χ1v) is 7.65. The van der Waals surface area contributed by atoms with Crippen LogP contribution in [0.25, 0.3) is 11.6 Å². The van der Waals surface area contributed by atoms with Crippen molar-refractivity contribution in [2.75, 3.05) is 19.6 Å². The van der Waals surface area contributed by atoms with Crippen molar-refractivity contribution in [3.05, 3.63) is 24.3 Å². The lowest BCUT2D eigenvalue weighted by molar-refractivity contribution is -0.121. The van der Waals surface area contributed by atoms with Gasteiger partial charge in [-0.05, 0) is 44.0 Å². The average molecular weight is 341 g/mol. The van der Waals surface area contributed by atoms with Crippen LogP contribution in [0.2, 0.25) is 0 Å². The van der Waals surface area contributed by atoms with Crippen molar-refractivity contribution < 1.29 is 13.7 Å². The van der Waals surface area contributed by atoms with Crippen LogP contribution in [0.3, 0.4) is 0 Å². The van der Waals surface area contributed by atoms with Crippen molar-refractivity contribution in [3.8, 4) is 11.6 Å². The van der Waals surface area contributed by atoms with Gasteiger partial charge in [-0.1, -0.05) is 5.16 Å². The maximum atomic E-state index is 11.9. The van der Waals surface area contributed by atoms with E-state index in [1.165, 1.54) is 12.8 Å². The third-order valence-corrected chi connectivity index (χ3v) is 3.76. The van der Waals surface area contributed by atoms with E-state index in [2.05, 4.69) is 20.8 Å². The summed E-state index contributed by atoms with van der Waals surface area (Å²) < 4.78 is 10.3. The number of carbonyl (C=O) groups excluding carboxylic acids is 1. The zero-order valence-electron chi connectivity index (χ0n) is 12.8. The van der Waals surface area contributed by atoms with E-state index in [0.717, 1.165) is 19.6 Å². The summed E-state index contributed by atoms with van der Waals surface area (Å²) in [6.07, 6.45) is 4.68. The van der Waals surface area contributed by atoms with Crippen molar-refractivity contribution in [3.63, 3.8) is 0 Å². The summed E-state index contributed by atoms with van der Waals surface area (Å²) in [5, 5.41) is 10.1. The SMILES string of the molecule is Cl.O=C(CCc1nc(-c2ccco2)no1)NCC1CCCNC1. The van der Waals surface area contributed by atoms with Crippen molar-refractivity contribution in [1.29, 1.82) is 0 Å². The molecule has 0 aromatic carbocycles. The highest BCUT2D eigenvalue weighted by molar-refractivity contribution is 5.85. The number of halogens is 1. The largest absolute Gasteiger partial charge is 0.461 e. The number of piperidine rings is 1. The molecule has 0 saturated carbocycles. The van der Waals surface area contributed by atoms with Crippen LogP contribution < -0.4 is 10.6 Å². The Morgan fingerprint density at radius 1 is 1.48 bits per heavy atom. The first-order chi connectivity index (χ1) is 10.8. The lowest BCUT2D eigenvalue weighted by atomic mass is 10.00. The van der Waals surface area contributed by atoms with Gasteiger partial charge in [-0.3, -0.25) is 4.79 Å². The number of hydrogen-bond acceptors (Lipinski definition) is 6. The first-order valence-electron chi connectivity index (χ1n) is 7.65. The molecule has 0 spiro atoms. The Morgan fingerprint density at radius 3 is 3.13 bits per heavy atom. The summed E-state index contributed by atoms with van der Waals surface area (Å²) in [7, 11) is 0. The van der Waals surface area contributed by atoms with Gasteiger partial charge in [0.15, 0.2) is 5.76 Å². The summed E-state index contributed by atoms with van der Waals surface area (Å²) in [6, 6.07) is 3.53. The molecule has 1 aliphatic heterocycles. The van der Waals surface area contributed by atoms with Gasteiger partial charge in [0.2, 0.25) is 17.6 Å². The highest BCUT2D eigenvalue weighted by atomic mass is 35.5. The normalized spacial score (nSPS) is 17.5. The molecule has 8 heteroatoms. The molecule has 2 N–H and O–H groups in total. The van der Waals surface area contributed by atoms with Gasteiger partial charge in [0, 0.05) is 19.4 Å². The second-order valence-corrected chi connectivity index (χ2v) is 5.51. The predicted molar refractivity (Wildman–Crippen MR) is 86.2 cm³/mol. The molecule has 2 aromatic rings. The summed E-state index contributed by atoms with van der Waals surface area (Å²) in [5.74, 6) is 1.97. The number of nitrogens with zero attached hydrogens (tertiary/aromatic N) is 2. The second kappa shape index (κ2) is 8.69. The minimum Gasteiger partial charge on any atom is -0.461 e. The zero-order valence-corrected chi connectivity index (χ0v) is 13.6. The molecular formula is C15H21ClN4O3. The van der Waals surface area contributed by atoms with Crippen LogP contribution in [0.15, 0.2) is 27.3 Å². The zero-order chi connectivity index (χ0) is 15.2. The fraction of sp³-hybridized carbons (Fsp3) is 0.533. The van der Waals surface area contributed by atoms with Gasteiger partial charge in [-0.2, -0.15) is 4.98 Å². The highest BCUT2D eigenvalue weighted by Crippen LogP contribution is 2.16. The monoisotopic (exact) mass is 340 g/mol. The van der Waals surface area contributed by atoms with E-state index < -0.39 is 0 Å². The topological polar surface area (TPSA) is 93.2 Å². The Labute approximate surface area is 140 Å². The van der Waals surface area contributed by atoms with E-state index in [9.17, 15) is 4.79 Å². The Hall–Kier alpha value is -1.86. The van der Waals surface area contributed by atoms with Gasteiger partial charge in [0.1, 0.15) is 0 Å². The molecule has 0 aliphatic carbocycles. The number of carbonyl (C=O) groups is 1. The van der Waals surface area contributed by atoms with Crippen LogP contribution in [-0.2, 0) is 11.2 Å². The van der Waals surface area contributed by atoms with Gasteiger partial charge < -0.3 is 19.6 Å². The fourth-order valence-corrected chi connectivity index (χ4v) is 2.53. The standard InChI is InChI=1S/C15H20N4O3.ClH/c20-13(17-10-11-3-1-7-16-9-11)5-6-14-18-15(19-22-14)12-4-2-8-21-12;/h2,4,8,11,16H,1,3,5-7,9-10H2,(H,17,20);1H. The number of hydrogen-bond donors (Lipinski definition) is 2. The molecule has 1 atom stereocenters. The van der Waals surface area contributed by atoms with Crippen LogP contribution in [0, 0.1) is 5.92 Å². The van der Waals surface area contributed by atoms with E-state index >= 15 is 0 Å². The van der Waals surface area contributed by atoms with Crippen molar-refractivity contribution in [2.45, 2.75) is 25.7 Å². The van der Waals surface area contributed by atoms with Gasteiger partial charge in [0.25, 0.3) is 0 Å². The Morgan fingerprint density at radius 2 is 2.39 bits per heavy atom. The molecule has 1 fully saturated rings. The molecule has 126 valence electrons. The van der Waals surface area contributed by atoms with Gasteiger partial charge >= 0.3 is 0 Å². The molecule has 23 heavy (non-hydrogen) atoms. The number of rotatable bonds is 6. The van der Waals surface area contributed by atoms with Crippen LogP contribution in [-0.4, -0.2) is 35.7 Å².